The molecule has 8 nitrogen and oxygen atoms in total. The number of halogens is 3. The molecule has 0 aromatic rings. The summed E-state index contributed by atoms with van der Waals surface area (Å²) < 4.78 is 28.5. The Balaban J connectivity index is 0.00000233. The van der Waals surface area contributed by atoms with Crippen molar-refractivity contribution in [3.05, 3.63) is 34.4 Å². The van der Waals surface area contributed by atoms with Gasteiger partial charge in [0, 0.05) is 13.5 Å². The lowest BCUT2D eigenvalue weighted by Gasteiger charge is -2.32. The Labute approximate surface area is 186 Å². The van der Waals surface area contributed by atoms with Crippen LogP contribution in [0.5, 0.6) is 0 Å². The van der Waals surface area contributed by atoms with Gasteiger partial charge >= 0.3 is 0 Å². The summed E-state index contributed by atoms with van der Waals surface area (Å²) in [5, 5.41) is 10.3. The summed E-state index contributed by atoms with van der Waals surface area (Å²) in [5.41, 5.74) is 1.58. The number of rotatable bonds is 6. The summed E-state index contributed by atoms with van der Waals surface area (Å²) >= 11 is 5.76. The Morgan fingerprint density at radius 2 is 1.94 bits per heavy atom. The van der Waals surface area contributed by atoms with Crippen LogP contribution in [0, 0.1) is 0 Å². The summed E-state index contributed by atoms with van der Waals surface area (Å²) in [6, 6.07) is -1.16. The van der Waals surface area contributed by atoms with Gasteiger partial charge in [0.15, 0.2) is 5.83 Å². The maximum absolute atomic E-state index is 14.3. The van der Waals surface area contributed by atoms with Crippen LogP contribution in [-0.4, -0.2) is 54.8 Å². The molecule has 0 spiro atoms. The predicted molar refractivity (Wildman–Crippen MR) is 118 cm³/mol. The van der Waals surface area contributed by atoms with Crippen LogP contribution in [0.4, 0.5) is 8.78 Å². The summed E-state index contributed by atoms with van der Waals surface area (Å²) in [6.45, 7) is 6.92. The maximum Gasteiger partial charge on any atom is 0.286 e. The minimum atomic E-state index is -1.15. The number of hydrogen-bond acceptors (Lipinski definition) is 6. The highest BCUT2D eigenvalue weighted by atomic mass is 35.5. The molecule has 1 atom stereocenters. The van der Waals surface area contributed by atoms with Crippen molar-refractivity contribution in [1.29, 1.82) is 0 Å². The van der Waals surface area contributed by atoms with E-state index in [-0.39, 0.29) is 23.2 Å². The number of hydrazone groups is 1. The number of hydrazine groups is 1. The Bertz CT molecular complexity index is 776. The topological polar surface area (TPSA) is 112 Å². The van der Waals surface area contributed by atoms with Crippen molar-refractivity contribution in [3.8, 4) is 0 Å². The first-order chi connectivity index (χ1) is 14.8. The second-order valence-corrected chi connectivity index (χ2v) is 7.11. The quantitative estimate of drug-likeness (QED) is 0.210. The highest BCUT2D eigenvalue weighted by Crippen LogP contribution is 2.29. The molecule has 2 rings (SSSR count). The smallest absolute Gasteiger partial charge is 0.286 e. The van der Waals surface area contributed by atoms with Crippen LogP contribution >= 0.6 is 11.6 Å². The molecule has 2 aliphatic rings. The molecule has 1 aliphatic heterocycles. The van der Waals surface area contributed by atoms with E-state index in [2.05, 4.69) is 21.2 Å². The van der Waals surface area contributed by atoms with E-state index in [1.54, 1.807) is 0 Å². The van der Waals surface area contributed by atoms with E-state index < -0.39 is 35.1 Å². The van der Waals surface area contributed by atoms with Gasteiger partial charge in [-0.05, 0) is 38.9 Å². The first kappa shape index (κ1) is 26.7. The molecular formula is C20H31ClF2N6O2. The molecule has 1 unspecified atom stereocenters. The third-order valence-electron chi connectivity index (χ3n) is 4.63. The summed E-state index contributed by atoms with van der Waals surface area (Å²) in [5.74, 6) is 2.13. The second kappa shape index (κ2) is 13.2. The highest BCUT2D eigenvalue weighted by Gasteiger charge is 2.31. The first-order valence-electron chi connectivity index (χ1n) is 10.2. The number of nitrogens with zero attached hydrogens (tertiary/aromatic N) is 2. The lowest BCUT2D eigenvalue weighted by molar-refractivity contribution is -0.127. The fraction of sp³-hybridized carbons (Fsp3) is 0.550. The summed E-state index contributed by atoms with van der Waals surface area (Å²) in [4.78, 5) is 25.3. The zero-order chi connectivity index (χ0) is 23.6. The van der Waals surface area contributed by atoms with Gasteiger partial charge in [0.1, 0.15) is 17.1 Å². The van der Waals surface area contributed by atoms with Crippen LogP contribution in [-0.2, 0) is 9.59 Å². The van der Waals surface area contributed by atoms with Gasteiger partial charge in [0.2, 0.25) is 0 Å². The maximum atomic E-state index is 14.3. The molecule has 0 aromatic carbocycles. The lowest BCUT2D eigenvalue weighted by atomic mass is 10.0. The number of nitrogens with one attached hydrogen (secondary N) is 3. The number of piperidine rings is 1. The largest absolute Gasteiger partial charge is 0.343 e. The minimum Gasteiger partial charge on any atom is -0.343 e. The third kappa shape index (κ3) is 7.12. The first-order valence-corrected chi connectivity index (χ1v) is 10.6. The molecule has 174 valence electrons. The van der Waals surface area contributed by atoms with Crippen molar-refractivity contribution in [3.63, 3.8) is 0 Å². The molecule has 5 N–H and O–H groups in total. The number of carbonyl (C=O) groups is 2. The van der Waals surface area contributed by atoms with Crippen LogP contribution in [0.15, 0.2) is 39.5 Å². The van der Waals surface area contributed by atoms with Gasteiger partial charge in [-0.2, -0.15) is 5.10 Å². The number of amides is 2. The van der Waals surface area contributed by atoms with Crippen molar-refractivity contribution in [1.82, 2.24) is 21.1 Å². The van der Waals surface area contributed by atoms with Gasteiger partial charge < -0.3 is 16.1 Å². The molecule has 1 fully saturated rings. The average Bonchev–Trinajstić information content (AvgIpc) is 2.90. The van der Waals surface area contributed by atoms with Crippen LogP contribution in [0.2, 0.25) is 0 Å². The second-order valence-electron chi connectivity index (χ2n) is 6.66. The minimum absolute atomic E-state index is 0.0313. The molecule has 31 heavy (non-hydrogen) atoms. The molecule has 0 bridgehead atoms. The van der Waals surface area contributed by atoms with E-state index in [1.165, 1.54) is 20.0 Å². The van der Waals surface area contributed by atoms with Gasteiger partial charge in [-0.3, -0.25) is 14.6 Å². The molecule has 1 heterocycles. The molecule has 0 saturated carbocycles. The Morgan fingerprint density at radius 1 is 1.32 bits per heavy atom. The molecule has 11 heteroatoms. The van der Waals surface area contributed by atoms with E-state index in [0.717, 1.165) is 24.2 Å². The molecule has 1 aliphatic carbocycles. The Kier molecular flexibility index (Phi) is 11.4. The zero-order valence-electron chi connectivity index (χ0n) is 18.3. The molecular weight excluding hydrogens is 430 g/mol. The van der Waals surface area contributed by atoms with Crippen molar-refractivity contribution in [2.24, 2.45) is 10.9 Å². The fourth-order valence-electron chi connectivity index (χ4n) is 3.06. The van der Waals surface area contributed by atoms with Crippen molar-refractivity contribution >= 4 is 29.1 Å². The van der Waals surface area contributed by atoms with E-state index in [4.69, 9.17) is 17.4 Å². The lowest BCUT2D eigenvalue weighted by Crippen LogP contribution is -2.56. The van der Waals surface area contributed by atoms with E-state index in [0.29, 0.717) is 12.8 Å². The third-order valence-corrected chi connectivity index (χ3v) is 4.95. The van der Waals surface area contributed by atoms with Gasteiger partial charge in [0.25, 0.3) is 11.8 Å². The van der Waals surface area contributed by atoms with Crippen molar-refractivity contribution in [2.45, 2.75) is 52.1 Å². The van der Waals surface area contributed by atoms with Gasteiger partial charge in [-0.25, -0.2) is 14.6 Å². The predicted octanol–water partition coefficient (Wildman–Crippen LogP) is 2.15. The van der Waals surface area contributed by atoms with E-state index in [9.17, 15) is 18.4 Å². The summed E-state index contributed by atoms with van der Waals surface area (Å²) in [7, 11) is 1.48. The molecule has 1 saturated heterocycles. The zero-order valence-corrected chi connectivity index (χ0v) is 19.0. The average molecular weight is 461 g/mol. The van der Waals surface area contributed by atoms with Crippen LogP contribution in [0.3, 0.4) is 0 Å². The van der Waals surface area contributed by atoms with Crippen molar-refractivity contribution < 1.29 is 18.4 Å². The SMILES string of the molecule is CC.CN/N=C(/C(=O)N(N)C1CCNCC1)C(C)NC(=O)C1=C(F)C=CCC(Cl)=C1F. The van der Waals surface area contributed by atoms with Gasteiger partial charge in [0.05, 0.1) is 17.1 Å². The number of hydrogen-bond donors (Lipinski definition) is 4. The monoisotopic (exact) mass is 460 g/mol. The Hall–Kier alpha value is -2.30. The number of carbonyl (C=O) groups excluding carboxylic acids is 2. The number of nitrogens with two attached hydrogens (primary N) is 1. The summed E-state index contributed by atoms with van der Waals surface area (Å²) in [6.07, 6.45) is 3.60. The Morgan fingerprint density at radius 3 is 2.52 bits per heavy atom. The van der Waals surface area contributed by atoms with Crippen LogP contribution in [0.1, 0.15) is 40.0 Å². The molecule has 2 amide bonds. The van der Waals surface area contributed by atoms with Crippen LogP contribution in [0.25, 0.3) is 0 Å². The molecule has 0 aromatic heterocycles. The molecule has 0 radical (unpaired) electrons. The fourth-order valence-corrected chi connectivity index (χ4v) is 3.24. The highest BCUT2D eigenvalue weighted by molar-refractivity contribution is 6.41. The van der Waals surface area contributed by atoms with Gasteiger partial charge in [-0.15, -0.1) is 0 Å². The van der Waals surface area contributed by atoms with Crippen LogP contribution < -0.4 is 21.9 Å². The van der Waals surface area contributed by atoms with Gasteiger partial charge in [-0.1, -0.05) is 31.5 Å². The normalized spacial score (nSPS) is 18.6. The van der Waals surface area contributed by atoms with E-state index in [1.807, 2.05) is 13.8 Å². The van der Waals surface area contributed by atoms with E-state index >= 15 is 0 Å². The standard InChI is InChI=1S/C18H25ClF2N6O2.C2H6/c1-10(25-17(28)14-13(20)5-3-4-12(19)15(14)21)16(26-23-2)18(29)27(22)11-6-8-24-9-7-11;1-2/h3,5,10-11,23-24H,4,6-9,22H2,1-2H3,(H,25,28);1-2H3/b26-16+;. The number of allylic oxidation sites excluding steroid dienone is 4. The van der Waals surface area contributed by atoms with Crippen molar-refractivity contribution in [2.75, 3.05) is 20.1 Å².